The second-order valence-electron chi connectivity index (χ2n) is 4.03. The molecule has 1 aromatic heterocycles. The van der Waals surface area contributed by atoms with E-state index in [1.54, 1.807) is 13.1 Å². The highest BCUT2D eigenvalue weighted by Gasteiger charge is 2.33. The number of furan rings is 1. The molecule has 0 spiro atoms. The van der Waals surface area contributed by atoms with Crippen molar-refractivity contribution in [3.05, 3.63) is 17.9 Å². The molecule has 1 aromatic rings. The zero-order chi connectivity index (χ0) is 11.8. The molecule has 2 rings (SSSR count). The first-order valence-corrected chi connectivity index (χ1v) is 6.76. The van der Waals surface area contributed by atoms with Gasteiger partial charge in [-0.15, -0.1) is 0 Å². The summed E-state index contributed by atoms with van der Waals surface area (Å²) in [6.45, 7) is 0.211. The van der Waals surface area contributed by atoms with Crippen LogP contribution in [0.2, 0.25) is 0 Å². The molecule has 1 heterocycles. The van der Waals surface area contributed by atoms with E-state index in [9.17, 15) is 8.42 Å². The van der Waals surface area contributed by atoms with Gasteiger partial charge in [0.2, 0.25) is 5.09 Å². The Balaban J connectivity index is 2.23. The van der Waals surface area contributed by atoms with Crippen LogP contribution in [0.1, 0.15) is 25.0 Å². The highest BCUT2D eigenvalue weighted by molar-refractivity contribution is 7.89. The molecule has 0 amide bonds. The van der Waals surface area contributed by atoms with Crippen LogP contribution in [0, 0.1) is 0 Å². The summed E-state index contributed by atoms with van der Waals surface area (Å²) in [5.74, 6) is 0.487. The fourth-order valence-corrected chi connectivity index (χ4v) is 3.03. The molecule has 16 heavy (non-hydrogen) atoms. The number of hydrogen-bond acceptors (Lipinski definition) is 4. The molecule has 6 heteroatoms. The maximum Gasteiger partial charge on any atom is 0.276 e. The topological polar surface area (TPSA) is 76.5 Å². The van der Waals surface area contributed by atoms with E-state index in [-0.39, 0.29) is 17.7 Å². The maximum atomic E-state index is 12.1. The third kappa shape index (κ3) is 1.88. The van der Waals surface area contributed by atoms with Gasteiger partial charge >= 0.3 is 0 Å². The number of rotatable bonds is 4. The van der Waals surface area contributed by atoms with E-state index >= 15 is 0 Å². The minimum absolute atomic E-state index is 0.0117. The molecule has 90 valence electrons. The van der Waals surface area contributed by atoms with E-state index in [1.807, 2.05) is 0 Å². The zero-order valence-electron chi connectivity index (χ0n) is 9.22. The van der Waals surface area contributed by atoms with Crippen molar-refractivity contribution in [1.29, 1.82) is 0 Å². The minimum Gasteiger partial charge on any atom is -0.447 e. The third-order valence-corrected chi connectivity index (χ3v) is 4.84. The Morgan fingerprint density at radius 3 is 2.62 bits per heavy atom. The van der Waals surface area contributed by atoms with Crippen LogP contribution in [0.4, 0.5) is 0 Å². The lowest BCUT2D eigenvalue weighted by Crippen LogP contribution is -2.41. The van der Waals surface area contributed by atoms with Crippen LogP contribution in [-0.4, -0.2) is 25.8 Å². The summed E-state index contributed by atoms with van der Waals surface area (Å²) < 4.78 is 30.8. The number of nitrogens with zero attached hydrogens (tertiary/aromatic N) is 1. The van der Waals surface area contributed by atoms with Gasteiger partial charge in [-0.3, -0.25) is 0 Å². The summed E-state index contributed by atoms with van der Waals surface area (Å²) in [6, 6.07) is 3.19. The summed E-state index contributed by atoms with van der Waals surface area (Å²) in [7, 11) is -1.88. The largest absolute Gasteiger partial charge is 0.447 e. The van der Waals surface area contributed by atoms with E-state index in [0.717, 1.165) is 19.3 Å². The van der Waals surface area contributed by atoms with Gasteiger partial charge in [0, 0.05) is 13.1 Å². The molecule has 0 saturated heterocycles. The van der Waals surface area contributed by atoms with Gasteiger partial charge in [0.25, 0.3) is 10.0 Å². The Bertz CT molecular complexity index is 462. The Labute approximate surface area is 95.3 Å². The van der Waals surface area contributed by atoms with Crippen molar-refractivity contribution in [2.24, 2.45) is 5.73 Å². The fraction of sp³-hybridized carbons (Fsp3) is 0.600. The number of sulfonamides is 1. The maximum absolute atomic E-state index is 12.1. The molecule has 0 aromatic carbocycles. The van der Waals surface area contributed by atoms with Crippen LogP contribution in [0.15, 0.2) is 21.6 Å². The second kappa shape index (κ2) is 4.20. The van der Waals surface area contributed by atoms with Gasteiger partial charge in [0.15, 0.2) is 0 Å². The van der Waals surface area contributed by atoms with Gasteiger partial charge < -0.3 is 10.2 Å². The number of hydrogen-bond donors (Lipinski definition) is 1. The van der Waals surface area contributed by atoms with Crippen molar-refractivity contribution in [2.75, 3.05) is 7.05 Å². The first-order valence-electron chi connectivity index (χ1n) is 5.32. The van der Waals surface area contributed by atoms with Crippen LogP contribution < -0.4 is 5.73 Å². The SMILES string of the molecule is CN(C1CCC1)S(=O)(=O)c1ccc(CN)o1. The van der Waals surface area contributed by atoms with Crippen molar-refractivity contribution >= 4 is 10.0 Å². The molecule has 0 bridgehead atoms. The minimum atomic E-state index is -3.48. The van der Waals surface area contributed by atoms with E-state index in [0.29, 0.717) is 5.76 Å². The van der Waals surface area contributed by atoms with Gasteiger partial charge in [-0.2, -0.15) is 4.31 Å². The highest BCUT2D eigenvalue weighted by atomic mass is 32.2. The fourth-order valence-electron chi connectivity index (χ4n) is 1.70. The summed E-state index contributed by atoms with van der Waals surface area (Å²) in [5, 5.41) is -0.0117. The molecule has 1 saturated carbocycles. The number of nitrogens with two attached hydrogens (primary N) is 1. The van der Waals surface area contributed by atoms with Crippen LogP contribution in [0.25, 0.3) is 0 Å². The van der Waals surface area contributed by atoms with E-state index < -0.39 is 10.0 Å². The van der Waals surface area contributed by atoms with Gasteiger partial charge in [-0.1, -0.05) is 6.42 Å². The predicted molar refractivity (Wildman–Crippen MR) is 59.2 cm³/mol. The molecular formula is C10H16N2O3S. The molecule has 0 aliphatic heterocycles. The Hall–Kier alpha value is -0.850. The quantitative estimate of drug-likeness (QED) is 0.854. The van der Waals surface area contributed by atoms with E-state index in [1.165, 1.54) is 10.4 Å². The molecule has 2 N–H and O–H groups in total. The lowest BCUT2D eigenvalue weighted by atomic mass is 9.94. The summed E-state index contributed by atoms with van der Waals surface area (Å²) in [6.07, 6.45) is 2.96. The highest BCUT2D eigenvalue weighted by Crippen LogP contribution is 2.28. The smallest absolute Gasteiger partial charge is 0.276 e. The molecule has 0 unspecified atom stereocenters. The van der Waals surface area contributed by atoms with Gasteiger partial charge in [-0.25, -0.2) is 8.42 Å². The van der Waals surface area contributed by atoms with Gasteiger partial charge in [-0.05, 0) is 25.0 Å². The lowest BCUT2D eigenvalue weighted by molar-refractivity contribution is 0.244. The average Bonchev–Trinajstić information content (AvgIpc) is 2.63. The van der Waals surface area contributed by atoms with Crippen molar-refractivity contribution in [1.82, 2.24) is 4.31 Å². The monoisotopic (exact) mass is 244 g/mol. The summed E-state index contributed by atoms with van der Waals surface area (Å²) in [5.41, 5.74) is 5.38. The molecule has 5 nitrogen and oxygen atoms in total. The molecule has 1 aliphatic carbocycles. The van der Waals surface area contributed by atoms with Crippen LogP contribution in [0.5, 0.6) is 0 Å². The van der Waals surface area contributed by atoms with E-state index in [4.69, 9.17) is 10.2 Å². The average molecular weight is 244 g/mol. The molecule has 1 aliphatic rings. The second-order valence-corrected chi connectivity index (χ2v) is 5.96. The standard InChI is InChI=1S/C10H16N2O3S/c1-12(8-3-2-4-8)16(13,14)10-6-5-9(7-11)15-10/h5-6,8H,2-4,7,11H2,1H3. The molecule has 0 atom stereocenters. The Morgan fingerprint density at radius 2 is 2.19 bits per heavy atom. The molecular weight excluding hydrogens is 228 g/mol. The molecule has 1 fully saturated rings. The van der Waals surface area contributed by atoms with Crippen LogP contribution >= 0.6 is 0 Å². The van der Waals surface area contributed by atoms with Gasteiger partial charge in [0.05, 0.1) is 6.54 Å². The Morgan fingerprint density at radius 1 is 1.50 bits per heavy atom. The summed E-state index contributed by atoms with van der Waals surface area (Å²) in [4.78, 5) is 0. The summed E-state index contributed by atoms with van der Waals surface area (Å²) >= 11 is 0. The van der Waals surface area contributed by atoms with Crippen molar-refractivity contribution in [3.63, 3.8) is 0 Å². The van der Waals surface area contributed by atoms with Crippen molar-refractivity contribution < 1.29 is 12.8 Å². The van der Waals surface area contributed by atoms with Crippen molar-refractivity contribution in [3.8, 4) is 0 Å². The third-order valence-electron chi connectivity index (χ3n) is 3.06. The lowest BCUT2D eigenvalue weighted by Gasteiger charge is -2.32. The van der Waals surface area contributed by atoms with Crippen molar-refractivity contribution in [2.45, 2.75) is 36.9 Å². The van der Waals surface area contributed by atoms with Crippen LogP contribution in [0.3, 0.4) is 0 Å². The predicted octanol–water partition coefficient (Wildman–Crippen LogP) is 0.911. The first-order chi connectivity index (χ1) is 7.55. The van der Waals surface area contributed by atoms with Gasteiger partial charge in [0.1, 0.15) is 5.76 Å². The zero-order valence-corrected chi connectivity index (χ0v) is 10.0. The Kier molecular flexibility index (Phi) is 3.05. The van der Waals surface area contributed by atoms with Crippen LogP contribution in [-0.2, 0) is 16.6 Å². The normalized spacial score (nSPS) is 17.7. The molecule has 0 radical (unpaired) electrons. The van der Waals surface area contributed by atoms with E-state index in [2.05, 4.69) is 0 Å². The first kappa shape index (κ1) is 11.6.